The fraction of sp³-hybridized carbons (Fsp3) is 0.647. The van der Waals surface area contributed by atoms with Crippen LogP contribution in [0.25, 0.3) is 0 Å². The van der Waals surface area contributed by atoms with Gasteiger partial charge in [0.15, 0.2) is 11.5 Å². The zero-order valence-electron chi connectivity index (χ0n) is 13.1. The van der Waals surface area contributed by atoms with Crippen molar-refractivity contribution in [3.63, 3.8) is 0 Å². The molecule has 0 spiro atoms. The summed E-state index contributed by atoms with van der Waals surface area (Å²) >= 11 is 0. The predicted octanol–water partition coefficient (Wildman–Crippen LogP) is 2.54. The first kappa shape index (κ1) is 16.1. The van der Waals surface area contributed by atoms with Crippen LogP contribution in [0.5, 0.6) is 11.5 Å². The first-order valence-electron chi connectivity index (χ1n) is 8.18. The van der Waals surface area contributed by atoms with Crippen molar-refractivity contribution in [1.29, 1.82) is 0 Å². The van der Waals surface area contributed by atoms with E-state index in [2.05, 4.69) is 10.2 Å². The quantitative estimate of drug-likeness (QED) is 0.672. The summed E-state index contributed by atoms with van der Waals surface area (Å²) in [6.07, 6.45) is 3.97. The van der Waals surface area contributed by atoms with Crippen molar-refractivity contribution < 1.29 is 9.47 Å². The summed E-state index contributed by atoms with van der Waals surface area (Å²) in [4.78, 5) is 2.55. The number of nitrogens with zero attached hydrogens (tertiary/aromatic N) is 1. The van der Waals surface area contributed by atoms with E-state index in [4.69, 9.17) is 9.47 Å². The molecule has 2 rings (SSSR count). The zero-order valence-corrected chi connectivity index (χ0v) is 13.1. The van der Waals surface area contributed by atoms with Gasteiger partial charge in [-0.2, -0.15) is 0 Å². The van der Waals surface area contributed by atoms with E-state index >= 15 is 0 Å². The topological polar surface area (TPSA) is 33.7 Å². The van der Waals surface area contributed by atoms with Crippen LogP contribution in [-0.4, -0.2) is 50.8 Å². The zero-order chi connectivity index (χ0) is 14.8. The largest absolute Gasteiger partial charge is 0.490 e. The second kappa shape index (κ2) is 9.64. The van der Waals surface area contributed by atoms with E-state index in [-0.39, 0.29) is 0 Å². The first-order valence-corrected chi connectivity index (χ1v) is 8.18. The van der Waals surface area contributed by atoms with Gasteiger partial charge in [-0.05, 0) is 64.5 Å². The van der Waals surface area contributed by atoms with E-state index in [1.54, 1.807) is 0 Å². The van der Waals surface area contributed by atoms with Gasteiger partial charge in [-0.1, -0.05) is 12.1 Å². The Morgan fingerprint density at radius 2 is 1.76 bits per heavy atom. The number of hydrogen-bond donors (Lipinski definition) is 1. The van der Waals surface area contributed by atoms with E-state index in [1.165, 1.54) is 38.9 Å². The Hall–Kier alpha value is -1.26. The van der Waals surface area contributed by atoms with Gasteiger partial charge < -0.3 is 19.7 Å². The lowest BCUT2D eigenvalue weighted by Gasteiger charge is -2.14. The Labute approximate surface area is 128 Å². The minimum absolute atomic E-state index is 0.662. The van der Waals surface area contributed by atoms with Crippen LogP contribution in [0.15, 0.2) is 24.3 Å². The van der Waals surface area contributed by atoms with Crippen LogP contribution in [0, 0.1) is 0 Å². The van der Waals surface area contributed by atoms with Crippen molar-refractivity contribution in [3.8, 4) is 11.5 Å². The van der Waals surface area contributed by atoms with Gasteiger partial charge in [-0.3, -0.25) is 0 Å². The van der Waals surface area contributed by atoms with Crippen molar-refractivity contribution in [3.05, 3.63) is 24.3 Å². The molecule has 0 radical (unpaired) electrons. The SMILES string of the molecule is CCOc1ccccc1OCCNCCCN1CCCC1. The third kappa shape index (κ3) is 5.94. The first-order chi connectivity index (χ1) is 10.4. The normalized spacial score (nSPS) is 15.3. The molecule has 1 heterocycles. The van der Waals surface area contributed by atoms with Gasteiger partial charge in [0, 0.05) is 6.54 Å². The number of nitrogens with one attached hydrogen (secondary N) is 1. The van der Waals surface area contributed by atoms with Crippen LogP contribution in [-0.2, 0) is 0 Å². The Bertz CT molecular complexity index is 392. The number of likely N-dealkylation sites (tertiary alicyclic amines) is 1. The molecule has 0 unspecified atom stereocenters. The van der Waals surface area contributed by atoms with E-state index < -0.39 is 0 Å². The third-order valence-electron chi connectivity index (χ3n) is 3.71. The fourth-order valence-corrected chi connectivity index (χ4v) is 2.64. The van der Waals surface area contributed by atoms with Gasteiger partial charge in [-0.15, -0.1) is 0 Å². The Kier molecular flexibility index (Phi) is 7.39. The van der Waals surface area contributed by atoms with Crippen LogP contribution >= 0.6 is 0 Å². The van der Waals surface area contributed by atoms with Crippen LogP contribution < -0.4 is 14.8 Å². The van der Waals surface area contributed by atoms with Gasteiger partial charge in [0.05, 0.1) is 6.61 Å². The molecule has 0 aliphatic carbocycles. The van der Waals surface area contributed by atoms with Crippen LogP contribution in [0.4, 0.5) is 0 Å². The Balaban J connectivity index is 1.53. The Morgan fingerprint density at radius 1 is 1.05 bits per heavy atom. The molecule has 1 fully saturated rings. The number of rotatable bonds is 10. The van der Waals surface area contributed by atoms with Crippen molar-refractivity contribution in [2.45, 2.75) is 26.2 Å². The lowest BCUT2D eigenvalue weighted by atomic mass is 10.3. The highest BCUT2D eigenvalue weighted by atomic mass is 16.5. The maximum Gasteiger partial charge on any atom is 0.161 e. The number of benzene rings is 1. The molecule has 4 heteroatoms. The molecular formula is C17H28N2O2. The third-order valence-corrected chi connectivity index (χ3v) is 3.71. The molecule has 1 N–H and O–H groups in total. The summed E-state index contributed by atoms with van der Waals surface area (Å²) in [6.45, 7) is 9.06. The molecule has 0 saturated carbocycles. The monoisotopic (exact) mass is 292 g/mol. The summed E-state index contributed by atoms with van der Waals surface area (Å²) in [5.41, 5.74) is 0. The van der Waals surface area contributed by atoms with Crippen molar-refractivity contribution >= 4 is 0 Å². The molecule has 1 aliphatic heterocycles. The highest BCUT2D eigenvalue weighted by molar-refractivity contribution is 5.39. The second-order valence-corrected chi connectivity index (χ2v) is 5.38. The molecule has 0 amide bonds. The molecule has 1 aromatic rings. The van der Waals surface area contributed by atoms with Crippen molar-refractivity contribution in [2.24, 2.45) is 0 Å². The summed E-state index contributed by atoms with van der Waals surface area (Å²) in [7, 11) is 0. The lowest BCUT2D eigenvalue weighted by molar-refractivity contribution is 0.274. The maximum absolute atomic E-state index is 5.77. The summed E-state index contributed by atoms with van der Waals surface area (Å²) in [5, 5.41) is 3.44. The predicted molar refractivity (Wildman–Crippen MR) is 86.3 cm³/mol. The van der Waals surface area contributed by atoms with Gasteiger partial charge in [0.1, 0.15) is 6.61 Å². The van der Waals surface area contributed by atoms with E-state index in [0.717, 1.165) is 24.6 Å². The molecule has 0 bridgehead atoms. The fourth-order valence-electron chi connectivity index (χ4n) is 2.64. The molecule has 118 valence electrons. The number of ether oxygens (including phenoxy) is 2. The van der Waals surface area contributed by atoms with Gasteiger partial charge in [-0.25, -0.2) is 0 Å². The van der Waals surface area contributed by atoms with Gasteiger partial charge >= 0.3 is 0 Å². The van der Waals surface area contributed by atoms with Crippen molar-refractivity contribution in [2.75, 3.05) is 45.9 Å². The lowest BCUT2D eigenvalue weighted by Crippen LogP contribution is -2.27. The average molecular weight is 292 g/mol. The van der Waals surface area contributed by atoms with Crippen LogP contribution in [0.1, 0.15) is 26.2 Å². The smallest absolute Gasteiger partial charge is 0.161 e. The van der Waals surface area contributed by atoms with E-state index in [9.17, 15) is 0 Å². The minimum atomic E-state index is 0.662. The minimum Gasteiger partial charge on any atom is -0.490 e. The number of para-hydroxylation sites is 2. The average Bonchev–Trinajstić information content (AvgIpc) is 3.01. The van der Waals surface area contributed by atoms with E-state index in [0.29, 0.717) is 13.2 Å². The summed E-state index contributed by atoms with van der Waals surface area (Å²) < 4.78 is 11.3. The molecule has 1 aliphatic rings. The van der Waals surface area contributed by atoms with Crippen molar-refractivity contribution in [1.82, 2.24) is 10.2 Å². The van der Waals surface area contributed by atoms with Crippen LogP contribution in [0.3, 0.4) is 0 Å². The molecule has 4 nitrogen and oxygen atoms in total. The van der Waals surface area contributed by atoms with Gasteiger partial charge in [0.2, 0.25) is 0 Å². The second-order valence-electron chi connectivity index (χ2n) is 5.38. The molecule has 0 atom stereocenters. The standard InChI is InChI=1S/C17H28N2O2/c1-2-20-16-8-3-4-9-17(16)21-15-11-18-10-7-14-19-12-5-6-13-19/h3-4,8-9,18H,2,5-7,10-15H2,1H3. The summed E-state index contributed by atoms with van der Waals surface area (Å²) in [6, 6.07) is 7.84. The summed E-state index contributed by atoms with van der Waals surface area (Å²) in [5.74, 6) is 1.66. The maximum atomic E-state index is 5.77. The molecule has 1 aromatic carbocycles. The van der Waals surface area contributed by atoms with E-state index in [1.807, 2.05) is 31.2 Å². The van der Waals surface area contributed by atoms with Crippen LogP contribution in [0.2, 0.25) is 0 Å². The molecule has 1 saturated heterocycles. The highest BCUT2D eigenvalue weighted by Gasteiger charge is 2.09. The number of hydrogen-bond acceptors (Lipinski definition) is 4. The molecule has 0 aromatic heterocycles. The Morgan fingerprint density at radius 3 is 2.48 bits per heavy atom. The van der Waals surface area contributed by atoms with Gasteiger partial charge in [0.25, 0.3) is 0 Å². The molecule has 21 heavy (non-hydrogen) atoms. The molecular weight excluding hydrogens is 264 g/mol. The highest BCUT2D eigenvalue weighted by Crippen LogP contribution is 2.25.